The predicted molar refractivity (Wildman–Crippen MR) is 72.7 cm³/mol. The molecule has 3 heteroatoms. The molecule has 2 rings (SSSR count). The van der Waals surface area contributed by atoms with Crippen LogP contribution in [-0.4, -0.2) is 19.3 Å². The summed E-state index contributed by atoms with van der Waals surface area (Å²) in [5.74, 6) is 1.34. The summed E-state index contributed by atoms with van der Waals surface area (Å²) in [7, 11) is 0. The molecule has 1 aromatic carbocycles. The van der Waals surface area contributed by atoms with Crippen LogP contribution in [0.5, 0.6) is 5.75 Å². The Balaban J connectivity index is 2.00. The van der Waals surface area contributed by atoms with Crippen molar-refractivity contribution in [2.24, 2.45) is 11.7 Å². The Kier molecular flexibility index (Phi) is 4.61. The molecule has 3 atom stereocenters. The zero-order valence-electron chi connectivity index (χ0n) is 11.3. The highest BCUT2D eigenvalue weighted by atomic mass is 16.5. The van der Waals surface area contributed by atoms with Crippen LogP contribution in [0, 0.1) is 5.92 Å². The molecular weight excluding hydrogens is 226 g/mol. The van der Waals surface area contributed by atoms with Gasteiger partial charge in [0.2, 0.25) is 0 Å². The van der Waals surface area contributed by atoms with Gasteiger partial charge in [0.05, 0.1) is 12.7 Å². The Morgan fingerprint density at radius 3 is 2.67 bits per heavy atom. The molecule has 1 fully saturated rings. The molecule has 0 spiro atoms. The van der Waals surface area contributed by atoms with Gasteiger partial charge in [-0.2, -0.15) is 0 Å². The maximum Gasteiger partial charge on any atom is 0.119 e. The van der Waals surface area contributed by atoms with Crippen molar-refractivity contribution in [3.63, 3.8) is 0 Å². The first kappa shape index (κ1) is 13.4. The van der Waals surface area contributed by atoms with Crippen molar-refractivity contribution in [3.8, 4) is 5.75 Å². The second-order valence-corrected chi connectivity index (χ2v) is 4.97. The first-order valence-electron chi connectivity index (χ1n) is 6.82. The predicted octanol–water partition coefficient (Wildman–Crippen LogP) is 2.90. The Morgan fingerprint density at radius 2 is 2.11 bits per heavy atom. The maximum atomic E-state index is 6.32. The van der Waals surface area contributed by atoms with Gasteiger partial charge in [-0.1, -0.05) is 19.1 Å². The molecule has 100 valence electrons. The van der Waals surface area contributed by atoms with Gasteiger partial charge in [0, 0.05) is 18.6 Å². The number of ether oxygens (including phenoxy) is 2. The topological polar surface area (TPSA) is 44.5 Å². The third kappa shape index (κ3) is 3.03. The number of hydrogen-bond acceptors (Lipinski definition) is 3. The van der Waals surface area contributed by atoms with E-state index in [2.05, 4.69) is 26.0 Å². The van der Waals surface area contributed by atoms with Crippen molar-refractivity contribution in [2.45, 2.75) is 38.8 Å². The van der Waals surface area contributed by atoms with Crippen LogP contribution in [0.2, 0.25) is 0 Å². The van der Waals surface area contributed by atoms with E-state index in [0.717, 1.165) is 31.8 Å². The van der Waals surface area contributed by atoms with Crippen LogP contribution in [0.3, 0.4) is 0 Å². The minimum absolute atomic E-state index is 0.0581. The smallest absolute Gasteiger partial charge is 0.119 e. The van der Waals surface area contributed by atoms with Crippen molar-refractivity contribution in [3.05, 3.63) is 29.8 Å². The van der Waals surface area contributed by atoms with E-state index in [1.165, 1.54) is 5.56 Å². The van der Waals surface area contributed by atoms with Crippen LogP contribution >= 0.6 is 0 Å². The van der Waals surface area contributed by atoms with E-state index in [0.29, 0.717) is 5.92 Å². The van der Waals surface area contributed by atoms with Crippen molar-refractivity contribution in [1.82, 2.24) is 0 Å². The molecule has 3 nitrogen and oxygen atoms in total. The third-order valence-electron chi connectivity index (χ3n) is 3.63. The van der Waals surface area contributed by atoms with E-state index in [4.69, 9.17) is 15.2 Å². The molecule has 1 aromatic rings. The highest BCUT2D eigenvalue weighted by Crippen LogP contribution is 2.32. The molecule has 0 saturated carbocycles. The van der Waals surface area contributed by atoms with Gasteiger partial charge < -0.3 is 15.2 Å². The average Bonchev–Trinajstić information content (AvgIpc) is 2.82. The Labute approximate surface area is 109 Å². The van der Waals surface area contributed by atoms with Gasteiger partial charge in [-0.25, -0.2) is 0 Å². The first-order chi connectivity index (χ1) is 8.72. The second kappa shape index (κ2) is 6.21. The summed E-state index contributed by atoms with van der Waals surface area (Å²) in [6.07, 6.45) is 2.34. The molecule has 1 saturated heterocycles. The van der Waals surface area contributed by atoms with E-state index < -0.39 is 0 Å². The number of benzene rings is 1. The average molecular weight is 249 g/mol. The third-order valence-corrected chi connectivity index (χ3v) is 3.63. The Hall–Kier alpha value is -1.06. The molecule has 0 aliphatic carbocycles. The SMILES string of the molecule is CCCOc1ccc(C(N)C2CCOC2C)cc1. The van der Waals surface area contributed by atoms with Crippen LogP contribution in [0.25, 0.3) is 0 Å². The number of nitrogens with two attached hydrogens (primary N) is 1. The van der Waals surface area contributed by atoms with Crippen LogP contribution < -0.4 is 10.5 Å². The zero-order valence-corrected chi connectivity index (χ0v) is 11.3. The molecule has 3 unspecified atom stereocenters. The zero-order chi connectivity index (χ0) is 13.0. The van der Waals surface area contributed by atoms with Crippen LogP contribution in [0.4, 0.5) is 0 Å². The van der Waals surface area contributed by atoms with Crippen LogP contribution in [0.1, 0.15) is 38.3 Å². The largest absolute Gasteiger partial charge is 0.494 e. The highest BCUT2D eigenvalue weighted by Gasteiger charge is 2.30. The van der Waals surface area contributed by atoms with Gasteiger partial charge in [0.15, 0.2) is 0 Å². The molecule has 1 heterocycles. The molecule has 0 radical (unpaired) electrons. The highest BCUT2D eigenvalue weighted by molar-refractivity contribution is 5.29. The van der Waals surface area contributed by atoms with E-state index in [1.54, 1.807) is 0 Å². The lowest BCUT2D eigenvalue weighted by molar-refractivity contribution is 0.0995. The summed E-state index contributed by atoms with van der Waals surface area (Å²) in [6.45, 7) is 5.80. The Bertz CT molecular complexity index is 363. The number of hydrogen-bond donors (Lipinski definition) is 1. The van der Waals surface area contributed by atoms with Gasteiger partial charge >= 0.3 is 0 Å². The second-order valence-electron chi connectivity index (χ2n) is 4.97. The molecule has 0 amide bonds. The molecular formula is C15H23NO2. The van der Waals surface area contributed by atoms with Crippen molar-refractivity contribution < 1.29 is 9.47 Å². The lowest BCUT2D eigenvalue weighted by atomic mass is 9.89. The quantitative estimate of drug-likeness (QED) is 0.872. The summed E-state index contributed by atoms with van der Waals surface area (Å²) < 4.78 is 11.2. The van der Waals surface area contributed by atoms with E-state index in [1.807, 2.05) is 12.1 Å². The summed E-state index contributed by atoms with van der Waals surface area (Å²) in [5, 5.41) is 0. The molecule has 18 heavy (non-hydrogen) atoms. The summed E-state index contributed by atoms with van der Waals surface area (Å²) >= 11 is 0. The van der Waals surface area contributed by atoms with Crippen LogP contribution in [0.15, 0.2) is 24.3 Å². The Morgan fingerprint density at radius 1 is 1.39 bits per heavy atom. The molecule has 1 aliphatic heterocycles. The standard InChI is InChI=1S/C15H23NO2/c1-3-9-18-13-6-4-12(5-7-13)15(16)14-8-10-17-11(14)2/h4-7,11,14-15H,3,8-10,16H2,1-2H3. The molecule has 0 bridgehead atoms. The van der Waals surface area contributed by atoms with Crippen LogP contribution in [-0.2, 0) is 4.74 Å². The van der Waals surface area contributed by atoms with Gasteiger partial charge in [0.25, 0.3) is 0 Å². The molecule has 1 aliphatic rings. The molecule has 2 N–H and O–H groups in total. The lowest BCUT2D eigenvalue weighted by Gasteiger charge is -2.22. The van der Waals surface area contributed by atoms with Crippen molar-refractivity contribution in [1.29, 1.82) is 0 Å². The fourth-order valence-electron chi connectivity index (χ4n) is 2.47. The monoisotopic (exact) mass is 249 g/mol. The van der Waals surface area contributed by atoms with E-state index in [9.17, 15) is 0 Å². The fraction of sp³-hybridized carbons (Fsp3) is 0.600. The first-order valence-corrected chi connectivity index (χ1v) is 6.82. The maximum absolute atomic E-state index is 6.32. The molecule has 0 aromatic heterocycles. The van der Waals surface area contributed by atoms with Gasteiger partial charge in [-0.15, -0.1) is 0 Å². The van der Waals surface area contributed by atoms with Crippen molar-refractivity contribution in [2.75, 3.05) is 13.2 Å². The fourth-order valence-corrected chi connectivity index (χ4v) is 2.47. The number of rotatable bonds is 5. The summed E-state index contributed by atoms with van der Waals surface area (Å²) in [6, 6.07) is 8.21. The lowest BCUT2D eigenvalue weighted by Crippen LogP contribution is -2.26. The van der Waals surface area contributed by atoms with Gasteiger partial charge in [-0.3, -0.25) is 0 Å². The van der Waals surface area contributed by atoms with Gasteiger partial charge in [-0.05, 0) is 37.5 Å². The van der Waals surface area contributed by atoms with Gasteiger partial charge in [0.1, 0.15) is 5.75 Å². The van der Waals surface area contributed by atoms with E-state index >= 15 is 0 Å². The minimum Gasteiger partial charge on any atom is -0.494 e. The normalized spacial score (nSPS) is 25.1. The summed E-state index contributed by atoms with van der Waals surface area (Å²) in [4.78, 5) is 0. The van der Waals surface area contributed by atoms with E-state index in [-0.39, 0.29) is 12.1 Å². The minimum atomic E-state index is 0.0581. The van der Waals surface area contributed by atoms with Crippen molar-refractivity contribution >= 4 is 0 Å². The summed E-state index contributed by atoms with van der Waals surface area (Å²) in [5.41, 5.74) is 7.49.